The van der Waals surface area contributed by atoms with Gasteiger partial charge in [0.05, 0.1) is 0 Å². The third-order valence-corrected chi connectivity index (χ3v) is 4.15. The lowest BCUT2D eigenvalue weighted by atomic mass is 10.1. The van der Waals surface area contributed by atoms with Crippen molar-refractivity contribution in [1.29, 1.82) is 0 Å². The number of imide groups is 1. The standard InChI is InChI=1S/C21H20N2O10/c1-10(24)32-16-7-5-13(9-17(16)33-11(2)25)19(28)23(3)21(31)22-18(20(29)30)12-4-6-14(26)15(27)8-12/h4-9,18,26-27H,1-3H3,(H,22,31)(H,29,30). The number of carboxylic acids is 1. The molecule has 0 fully saturated rings. The fourth-order valence-corrected chi connectivity index (χ4v) is 2.63. The van der Waals surface area contributed by atoms with E-state index >= 15 is 0 Å². The van der Waals surface area contributed by atoms with Crippen molar-refractivity contribution in [2.24, 2.45) is 0 Å². The summed E-state index contributed by atoms with van der Waals surface area (Å²) in [5.74, 6) is -5.27. The highest BCUT2D eigenvalue weighted by Crippen LogP contribution is 2.30. The molecule has 1 unspecified atom stereocenters. The number of amides is 3. The molecule has 0 heterocycles. The number of nitrogens with zero attached hydrogens (tertiary/aromatic N) is 1. The maximum absolute atomic E-state index is 12.7. The van der Waals surface area contributed by atoms with Gasteiger partial charge in [0.2, 0.25) is 0 Å². The van der Waals surface area contributed by atoms with Gasteiger partial charge in [0.25, 0.3) is 5.91 Å². The van der Waals surface area contributed by atoms with Crippen LogP contribution in [-0.4, -0.2) is 57.1 Å². The molecule has 2 rings (SSSR count). The molecule has 0 aliphatic rings. The quantitative estimate of drug-likeness (QED) is 0.281. The highest BCUT2D eigenvalue weighted by Gasteiger charge is 2.28. The molecule has 2 aromatic rings. The molecule has 0 saturated carbocycles. The second-order valence-electron chi connectivity index (χ2n) is 6.68. The third-order valence-electron chi connectivity index (χ3n) is 4.15. The first-order valence-electron chi connectivity index (χ1n) is 9.24. The zero-order valence-electron chi connectivity index (χ0n) is 17.7. The van der Waals surface area contributed by atoms with E-state index in [1.807, 2.05) is 0 Å². The monoisotopic (exact) mass is 460 g/mol. The number of nitrogens with one attached hydrogen (secondary N) is 1. The molecule has 1 atom stereocenters. The number of urea groups is 1. The van der Waals surface area contributed by atoms with Gasteiger partial charge in [-0.05, 0) is 35.9 Å². The highest BCUT2D eigenvalue weighted by molar-refractivity contribution is 6.05. The Hall–Kier alpha value is -4.61. The van der Waals surface area contributed by atoms with Gasteiger partial charge in [-0.15, -0.1) is 0 Å². The molecule has 3 amide bonds. The van der Waals surface area contributed by atoms with Gasteiger partial charge in [0, 0.05) is 26.5 Å². The molecule has 174 valence electrons. The molecule has 0 radical (unpaired) electrons. The summed E-state index contributed by atoms with van der Waals surface area (Å²) in [5.41, 5.74) is -0.191. The zero-order valence-corrected chi connectivity index (χ0v) is 17.7. The Morgan fingerprint density at radius 2 is 1.48 bits per heavy atom. The fourth-order valence-electron chi connectivity index (χ4n) is 2.63. The molecule has 0 saturated heterocycles. The van der Waals surface area contributed by atoms with Crippen molar-refractivity contribution in [3.05, 3.63) is 47.5 Å². The van der Waals surface area contributed by atoms with Crippen LogP contribution in [0.5, 0.6) is 23.0 Å². The van der Waals surface area contributed by atoms with Crippen LogP contribution in [0.3, 0.4) is 0 Å². The maximum Gasteiger partial charge on any atom is 0.330 e. The number of benzene rings is 2. The Bertz CT molecular complexity index is 1130. The number of hydrogen-bond donors (Lipinski definition) is 4. The predicted octanol–water partition coefficient (Wildman–Crippen LogP) is 1.56. The number of aromatic hydroxyl groups is 2. The van der Waals surface area contributed by atoms with E-state index in [1.165, 1.54) is 18.2 Å². The zero-order chi connectivity index (χ0) is 24.9. The topological polar surface area (TPSA) is 180 Å². The average molecular weight is 460 g/mol. The van der Waals surface area contributed by atoms with Gasteiger partial charge in [-0.25, -0.2) is 9.59 Å². The Balaban J connectivity index is 2.27. The van der Waals surface area contributed by atoms with Crippen LogP contribution in [0.25, 0.3) is 0 Å². The lowest BCUT2D eigenvalue weighted by Gasteiger charge is -2.21. The summed E-state index contributed by atoms with van der Waals surface area (Å²) in [4.78, 5) is 60.0. The lowest BCUT2D eigenvalue weighted by Crippen LogP contribution is -2.44. The molecule has 12 nitrogen and oxygen atoms in total. The van der Waals surface area contributed by atoms with Crippen molar-refractivity contribution >= 4 is 29.8 Å². The Morgan fingerprint density at radius 3 is 2.03 bits per heavy atom. The first-order chi connectivity index (χ1) is 15.4. The number of ether oxygens (including phenoxy) is 2. The number of phenols is 2. The van der Waals surface area contributed by atoms with Crippen LogP contribution < -0.4 is 14.8 Å². The van der Waals surface area contributed by atoms with Crippen molar-refractivity contribution in [2.45, 2.75) is 19.9 Å². The number of carboxylic acid groups (broad SMARTS) is 1. The second-order valence-corrected chi connectivity index (χ2v) is 6.68. The number of aliphatic carboxylic acids is 1. The van der Waals surface area contributed by atoms with Crippen molar-refractivity contribution in [3.63, 3.8) is 0 Å². The summed E-state index contributed by atoms with van der Waals surface area (Å²) in [6.45, 7) is 2.22. The number of hydrogen-bond acceptors (Lipinski definition) is 9. The summed E-state index contributed by atoms with van der Waals surface area (Å²) in [5, 5.41) is 30.5. The van der Waals surface area contributed by atoms with Crippen LogP contribution in [-0.2, 0) is 14.4 Å². The van der Waals surface area contributed by atoms with Gasteiger partial charge in [-0.3, -0.25) is 19.3 Å². The van der Waals surface area contributed by atoms with Crippen LogP contribution in [0.15, 0.2) is 36.4 Å². The first kappa shape index (κ1) is 24.7. The molecule has 33 heavy (non-hydrogen) atoms. The third kappa shape index (κ3) is 6.19. The van der Waals surface area contributed by atoms with E-state index in [2.05, 4.69) is 5.32 Å². The summed E-state index contributed by atoms with van der Waals surface area (Å²) in [6, 6.07) is 3.91. The van der Waals surface area contributed by atoms with Crippen LogP contribution in [0.4, 0.5) is 4.79 Å². The molecule has 0 bridgehead atoms. The number of phenolic OH excluding ortho intramolecular Hbond substituents is 2. The molecule has 0 aliphatic carbocycles. The van der Waals surface area contributed by atoms with E-state index in [0.29, 0.717) is 4.90 Å². The van der Waals surface area contributed by atoms with Gasteiger partial charge in [0.1, 0.15) is 0 Å². The normalized spacial score (nSPS) is 11.1. The van der Waals surface area contributed by atoms with Gasteiger partial charge >= 0.3 is 23.9 Å². The molecule has 0 aromatic heterocycles. The van der Waals surface area contributed by atoms with E-state index in [9.17, 15) is 39.3 Å². The summed E-state index contributed by atoms with van der Waals surface area (Å²) >= 11 is 0. The van der Waals surface area contributed by atoms with Gasteiger partial charge in [-0.2, -0.15) is 0 Å². The second kappa shape index (κ2) is 10.1. The SMILES string of the molecule is CC(=O)Oc1ccc(C(=O)N(C)C(=O)NC(C(=O)O)c2ccc(O)c(O)c2)cc1OC(C)=O. The summed E-state index contributed by atoms with van der Waals surface area (Å²) in [6.07, 6.45) is 0. The smallest absolute Gasteiger partial charge is 0.330 e. The molecule has 0 spiro atoms. The van der Waals surface area contributed by atoms with Crippen molar-refractivity contribution in [2.75, 3.05) is 7.05 Å². The van der Waals surface area contributed by atoms with Gasteiger partial charge < -0.3 is 30.1 Å². The molecular formula is C21H20N2O10. The molecule has 4 N–H and O–H groups in total. The van der Waals surface area contributed by atoms with Crippen LogP contribution >= 0.6 is 0 Å². The highest BCUT2D eigenvalue weighted by atomic mass is 16.6. The minimum absolute atomic E-state index is 0.0603. The van der Waals surface area contributed by atoms with E-state index in [0.717, 1.165) is 39.1 Å². The molecule has 0 aliphatic heterocycles. The minimum Gasteiger partial charge on any atom is -0.504 e. The molecule has 2 aromatic carbocycles. The van der Waals surface area contributed by atoms with Crippen molar-refractivity contribution in [3.8, 4) is 23.0 Å². The van der Waals surface area contributed by atoms with Gasteiger partial charge in [0.15, 0.2) is 29.0 Å². The minimum atomic E-state index is -1.65. The number of carbonyl (C=O) groups is 5. The first-order valence-corrected chi connectivity index (χ1v) is 9.24. The van der Waals surface area contributed by atoms with Gasteiger partial charge in [-0.1, -0.05) is 6.07 Å². The summed E-state index contributed by atoms with van der Waals surface area (Å²) in [7, 11) is 1.08. The van der Waals surface area contributed by atoms with E-state index in [1.54, 1.807) is 0 Å². The van der Waals surface area contributed by atoms with E-state index in [-0.39, 0.29) is 22.6 Å². The van der Waals surface area contributed by atoms with Crippen molar-refractivity contribution in [1.82, 2.24) is 10.2 Å². The maximum atomic E-state index is 12.7. The lowest BCUT2D eigenvalue weighted by molar-refractivity contribution is -0.139. The average Bonchev–Trinajstić information content (AvgIpc) is 2.73. The number of rotatable bonds is 6. The largest absolute Gasteiger partial charge is 0.504 e. The number of esters is 2. The van der Waals surface area contributed by atoms with Crippen LogP contribution in [0.2, 0.25) is 0 Å². The number of carbonyl (C=O) groups excluding carboxylic acids is 4. The Labute approximate surface area is 187 Å². The van der Waals surface area contributed by atoms with Crippen LogP contribution in [0, 0.1) is 0 Å². The van der Waals surface area contributed by atoms with E-state index < -0.39 is 47.4 Å². The molecule has 12 heteroatoms. The summed E-state index contributed by atoms with van der Waals surface area (Å²) < 4.78 is 9.85. The van der Waals surface area contributed by atoms with E-state index in [4.69, 9.17) is 9.47 Å². The fraction of sp³-hybridized carbons (Fsp3) is 0.190. The predicted molar refractivity (Wildman–Crippen MR) is 110 cm³/mol. The Morgan fingerprint density at radius 1 is 0.879 bits per heavy atom. The Kier molecular flexibility index (Phi) is 7.57. The van der Waals surface area contributed by atoms with Crippen molar-refractivity contribution < 1.29 is 48.8 Å². The molecular weight excluding hydrogens is 440 g/mol. The van der Waals surface area contributed by atoms with Crippen LogP contribution in [0.1, 0.15) is 35.8 Å².